The third-order valence-electron chi connectivity index (χ3n) is 10.3. The maximum atomic E-state index is 13.9. The second-order valence-corrected chi connectivity index (χ2v) is 15.4. The van der Waals surface area contributed by atoms with Crippen LogP contribution in [-0.4, -0.2) is 93.4 Å². The second kappa shape index (κ2) is 20.7. The maximum Gasteiger partial charge on any atom is 0.407 e. The van der Waals surface area contributed by atoms with Crippen molar-refractivity contribution in [3.63, 3.8) is 0 Å². The molecule has 7 rings (SSSR count). The number of fused-ring (bicyclic) bond motifs is 4. The number of ether oxygens (including phenoxy) is 2. The summed E-state index contributed by atoms with van der Waals surface area (Å²) in [6.07, 6.45) is 4.04. The molecular weight excluding hydrogens is 769 g/mol. The van der Waals surface area contributed by atoms with Crippen LogP contribution in [0.15, 0.2) is 91.1 Å². The van der Waals surface area contributed by atoms with Gasteiger partial charge in [-0.15, -0.1) is 0 Å². The number of hydrogen-bond donors (Lipinski definition) is 3. The molecule has 0 radical (unpaired) electrons. The molecule has 61 heavy (non-hydrogen) atoms. The number of alkyl carbamates (subject to hydrolysis) is 1. The van der Waals surface area contributed by atoms with Gasteiger partial charge in [0.1, 0.15) is 36.6 Å². The van der Waals surface area contributed by atoms with Gasteiger partial charge >= 0.3 is 6.09 Å². The van der Waals surface area contributed by atoms with E-state index >= 15 is 0 Å². The molecule has 3 N–H and O–H groups in total. The summed E-state index contributed by atoms with van der Waals surface area (Å²) < 4.78 is 10.8. The van der Waals surface area contributed by atoms with Crippen LogP contribution in [0.1, 0.15) is 75.9 Å². The number of amides is 3. The van der Waals surface area contributed by atoms with Crippen molar-refractivity contribution in [2.45, 2.75) is 72.7 Å². The second-order valence-electron chi connectivity index (χ2n) is 15.4. The third kappa shape index (κ3) is 10.6. The standard InChI is InChI=1S/C45H50N8O5.C3H8/c1-6-19-52(41(54)25-47-45(56)57-5)27-40-49-37-28-58-38-23-33(17-18-35(38)42(37)50-40)31-13-14-32-22-34(16-15-30(32)21-31)36-24-46-39(48-36)26-53(20-7-2)44(55)43(51(3)4)29-11-9-8-10-12-29;1-3-2/h8-18,21-24,43H,6-7,19-20,25-28H2,1-5H3,(H,46,48)(H,47,56)(H,49,50);3H2,1-2H3. The largest absolute Gasteiger partial charge is 0.487 e. The number of nitrogens with one attached hydrogen (secondary N) is 3. The fourth-order valence-corrected chi connectivity index (χ4v) is 7.48. The number of aromatic nitrogens is 4. The Morgan fingerprint density at radius 1 is 0.803 bits per heavy atom. The normalized spacial score (nSPS) is 12.1. The molecule has 1 aliphatic heterocycles. The van der Waals surface area contributed by atoms with Crippen LogP contribution in [0.3, 0.4) is 0 Å². The Labute approximate surface area is 358 Å². The Bertz CT molecular complexity index is 2420. The molecule has 0 fully saturated rings. The van der Waals surface area contributed by atoms with Crippen molar-refractivity contribution in [1.82, 2.24) is 40.0 Å². The number of aromatic amines is 2. The Kier molecular flexibility index (Phi) is 14.9. The monoisotopic (exact) mass is 826 g/mol. The summed E-state index contributed by atoms with van der Waals surface area (Å²) in [4.78, 5) is 60.1. The van der Waals surface area contributed by atoms with E-state index in [1.807, 2.05) is 79.5 Å². The lowest BCUT2D eigenvalue weighted by Crippen LogP contribution is -2.40. The summed E-state index contributed by atoms with van der Waals surface area (Å²) in [7, 11) is 5.14. The van der Waals surface area contributed by atoms with Gasteiger partial charge in [0.25, 0.3) is 0 Å². The molecule has 1 unspecified atom stereocenters. The number of nitrogens with zero attached hydrogens (tertiary/aromatic N) is 5. The molecule has 0 saturated carbocycles. The minimum absolute atomic E-state index is 0.0514. The molecule has 6 aromatic rings. The Morgan fingerprint density at radius 2 is 1.44 bits per heavy atom. The molecule has 2 aromatic heterocycles. The van der Waals surface area contributed by atoms with E-state index in [2.05, 4.69) is 88.2 Å². The van der Waals surface area contributed by atoms with E-state index in [-0.39, 0.29) is 30.9 Å². The van der Waals surface area contributed by atoms with E-state index in [4.69, 9.17) is 9.72 Å². The number of H-pyrrole nitrogens is 2. The number of hydrogen-bond acceptors (Lipinski definition) is 8. The van der Waals surface area contributed by atoms with Crippen molar-refractivity contribution >= 4 is 28.7 Å². The summed E-state index contributed by atoms with van der Waals surface area (Å²) >= 11 is 0. The van der Waals surface area contributed by atoms with Crippen molar-refractivity contribution in [2.75, 3.05) is 40.8 Å². The lowest BCUT2D eigenvalue weighted by atomic mass is 9.97. The molecule has 3 heterocycles. The summed E-state index contributed by atoms with van der Waals surface area (Å²) in [5, 5.41) is 4.65. The van der Waals surface area contributed by atoms with E-state index in [1.165, 1.54) is 13.5 Å². The van der Waals surface area contributed by atoms with Crippen LogP contribution in [0.2, 0.25) is 0 Å². The van der Waals surface area contributed by atoms with Gasteiger partial charge in [0.15, 0.2) is 0 Å². The highest BCUT2D eigenvalue weighted by molar-refractivity contribution is 5.91. The first-order chi connectivity index (χ1) is 29.6. The van der Waals surface area contributed by atoms with Gasteiger partial charge in [0.05, 0.1) is 43.5 Å². The molecular formula is C48H58N8O5. The molecule has 1 atom stereocenters. The van der Waals surface area contributed by atoms with Crippen LogP contribution in [0.5, 0.6) is 5.75 Å². The van der Waals surface area contributed by atoms with Crippen LogP contribution in [0.25, 0.3) is 44.4 Å². The molecule has 13 heteroatoms. The molecule has 0 spiro atoms. The van der Waals surface area contributed by atoms with Crippen LogP contribution >= 0.6 is 0 Å². The molecule has 4 aromatic carbocycles. The fraction of sp³-hybridized carbons (Fsp3) is 0.354. The van der Waals surface area contributed by atoms with Crippen molar-refractivity contribution in [3.8, 4) is 39.4 Å². The first-order valence-electron chi connectivity index (χ1n) is 21.1. The van der Waals surface area contributed by atoms with Gasteiger partial charge in [-0.2, -0.15) is 0 Å². The van der Waals surface area contributed by atoms with Gasteiger partial charge in [-0.1, -0.05) is 94.8 Å². The van der Waals surface area contributed by atoms with E-state index in [1.54, 1.807) is 4.90 Å². The topological polar surface area (TPSA) is 149 Å². The third-order valence-corrected chi connectivity index (χ3v) is 10.3. The van der Waals surface area contributed by atoms with Gasteiger partial charge in [0, 0.05) is 24.2 Å². The summed E-state index contributed by atoms with van der Waals surface area (Å²) in [5.41, 5.74) is 7.50. The number of rotatable bonds is 15. The maximum absolute atomic E-state index is 13.9. The molecule has 1 aliphatic rings. The van der Waals surface area contributed by atoms with Crippen molar-refractivity contribution in [1.29, 1.82) is 0 Å². The van der Waals surface area contributed by atoms with Gasteiger partial charge in [-0.25, -0.2) is 14.8 Å². The van der Waals surface area contributed by atoms with E-state index < -0.39 is 6.09 Å². The Morgan fingerprint density at radius 3 is 2.13 bits per heavy atom. The molecule has 320 valence electrons. The molecule has 13 nitrogen and oxygen atoms in total. The highest BCUT2D eigenvalue weighted by atomic mass is 16.5. The lowest BCUT2D eigenvalue weighted by Gasteiger charge is -2.30. The van der Waals surface area contributed by atoms with Gasteiger partial charge in [-0.3, -0.25) is 14.5 Å². The average molecular weight is 827 g/mol. The number of carbonyl (C=O) groups is 3. The summed E-state index contributed by atoms with van der Waals surface area (Å²) in [6, 6.07) is 28.5. The minimum atomic E-state index is -0.650. The molecule has 0 bridgehead atoms. The van der Waals surface area contributed by atoms with Gasteiger partial charge in [0.2, 0.25) is 11.8 Å². The number of likely N-dealkylation sites (N-methyl/N-ethyl adjacent to an activating group) is 1. The van der Waals surface area contributed by atoms with E-state index in [0.717, 1.165) is 80.1 Å². The highest BCUT2D eigenvalue weighted by Crippen LogP contribution is 2.39. The van der Waals surface area contributed by atoms with Crippen molar-refractivity contribution in [3.05, 3.63) is 114 Å². The average Bonchev–Trinajstić information content (AvgIpc) is 3.92. The zero-order chi connectivity index (χ0) is 43.5. The fourth-order valence-electron chi connectivity index (χ4n) is 7.48. The van der Waals surface area contributed by atoms with Crippen LogP contribution in [-0.2, 0) is 34.0 Å². The van der Waals surface area contributed by atoms with Crippen molar-refractivity contribution < 1.29 is 23.9 Å². The SMILES string of the molecule is CCC.CCCN(Cc1nc2c([nH]1)COc1cc(-c3ccc4cc(-c5cnc(CN(CCC)C(=O)C(c6ccccc6)N(C)C)[nH]5)ccc4c3)ccc1-2)C(=O)CNC(=O)OC. The minimum Gasteiger partial charge on any atom is -0.487 e. The van der Waals surface area contributed by atoms with Crippen LogP contribution in [0.4, 0.5) is 4.79 Å². The highest BCUT2D eigenvalue weighted by Gasteiger charge is 2.28. The molecule has 3 amide bonds. The van der Waals surface area contributed by atoms with Crippen LogP contribution < -0.4 is 10.1 Å². The van der Waals surface area contributed by atoms with Gasteiger partial charge < -0.3 is 34.6 Å². The quantitative estimate of drug-likeness (QED) is 0.0931. The first-order valence-corrected chi connectivity index (χ1v) is 21.1. The molecule has 0 saturated heterocycles. The van der Waals surface area contributed by atoms with Crippen LogP contribution in [0, 0.1) is 0 Å². The van der Waals surface area contributed by atoms with Crippen molar-refractivity contribution in [2.24, 2.45) is 0 Å². The van der Waals surface area contributed by atoms with Gasteiger partial charge in [-0.05, 0) is 78.7 Å². The Balaban J connectivity index is 0.00000201. The first kappa shape index (κ1) is 44.1. The molecule has 0 aliphatic carbocycles. The predicted octanol–water partition coefficient (Wildman–Crippen LogP) is 8.73. The number of imidazole rings is 2. The smallest absolute Gasteiger partial charge is 0.407 e. The summed E-state index contributed by atoms with van der Waals surface area (Å²) in [6.45, 7) is 10.3. The summed E-state index contributed by atoms with van der Waals surface area (Å²) in [5.74, 6) is 1.96. The lowest BCUT2D eigenvalue weighted by molar-refractivity contribution is -0.137. The number of carbonyl (C=O) groups excluding carboxylic acids is 3. The number of benzene rings is 4. The Hall–Kier alpha value is -6.47. The van der Waals surface area contributed by atoms with E-state index in [0.29, 0.717) is 32.1 Å². The predicted molar refractivity (Wildman–Crippen MR) is 240 cm³/mol. The van der Waals surface area contributed by atoms with E-state index in [9.17, 15) is 14.4 Å². The zero-order valence-electron chi connectivity index (χ0n) is 36.4. The number of methoxy groups -OCH3 is 1. The zero-order valence-corrected chi connectivity index (χ0v) is 36.4.